The van der Waals surface area contributed by atoms with Crippen molar-refractivity contribution in [2.75, 3.05) is 54.4 Å². The Morgan fingerprint density at radius 3 is 1.76 bits per heavy atom. The second-order valence-electron chi connectivity index (χ2n) is 11.0. The van der Waals surface area contributed by atoms with Crippen LogP contribution in [0.1, 0.15) is 66.2 Å². The van der Waals surface area contributed by atoms with Crippen LogP contribution in [0.2, 0.25) is 0 Å². The zero-order chi connectivity index (χ0) is 19.4. The highest BCUT2D eigenvalue weighted by Gasteiger charge is 2.44. The average Bonchev–Trinajstić information content (AvgIpc) is 2.39. The van der Waals surface area contributed by atoms with Crippen LogP contribution in [0.15, 0.2) is 0 Å². The van der Waals surface area contributed by atoms with Crippen molar-refractivity contribution in [3.8, 4) is 0 Å². The lowest BCUT2D eigenvalue weighted by molar-refractivity contribution is -0.917. The van der Waals surface area contributed by atoms with E-state index < -0.39 is 0 Å². The van der Waals surface area contributed by atoms with Gasteiger partial charge in [0.25, 0.3) is 0 Å². The Morgan fingerprint density at radius 1 is 0.800 bits per heavy atom. The summed E-state index contributed by atoms with van der Waals surface area (Å²) in [5.41, 5.74) is 0.469. The first kappa shape index (κ1) is 22.9. The molecular formula is C21H47N3O+2. The molecule has 4 nitrogen and oxygen atoms in total. The van der Waals surface area contributed by atoms with Gasteiger partial charge in [0.15, 0.2) is 0 Å². The molecule has 0 bridgehead atoms. The molecule has 0 amide bonds. The Hall–Kier alpha value is -0.160. The van der Waals surface area contributed by atoms with Crippen molar-refractivity contribution in [1.82, 2.24) is 5.32 Å². The van der Waals surface area contributed by atoms with E-state index in [4.69, 9.17) is 5.11 Å². The van der Waals surface area contributed by atoms with Crippen LogP contribution in [-0.4, -0.2) is 85.6 Å². The second-order valence-corrected chi connectivity index (χ2v) is 11.0. The van der Waals surface area contributed by atoms with Gasteiger partial charge < -0.3 is 19.4 Å². The van der Waals surface area contributed by atoms with Gasteiger partial charge in [-0.3, -0.25) is 0 Å². The molecule has 1 fully saturated rings. The predicted octanol–water partition coefficient (Wildman–Crippen LogP) is 3.00. The Morgan fingerprint density at radius 2 is 1.28 bits per heavy atom. The summed E-state index contributed by atoms with van der Waals surface area (Å²) < 4.78 is 2.10. The molecule has 25 heavy (non-hydrogen) atoms. The fraction of sp³-hybridized carbons (Fsp3) is 1.00. The highest BCUT2D eigenvalue weighted by Crippen LogP contribution is 2.33. The first-order valence-electron chi connectivity index (χ1n) is 10.3. The van der Waals surface area contributed by atoms with E-state index in [1.807, 2.05) is 0 Å². The standard InChI is InChI=1S/C21H47N3O/c1-20(2)17-19(18-21(3,4)22-20)24(7,8)14-12-10-9-11-13-23(5,6)15-16-25/h19,22,25H,9-18H2,1-8H3/q+2. The van der Waals surface area contributed by atoms with Crippen LogP contribution in [0, 0.1) is 0 Å². The molecule has 1 aliphatic rings. The topological polar surface area (TPSA) is 32.3 Å². The molecule has 0 unspecified atom stereocenters. The van der Waals surface area contributed by atoms with Crippen LogP contribution in [-0.2, 0) is 0 Å². The zero-order valence-electron chi connectivity index (χ0n) is 18.5. The van der Waals surface area contributed by atoms with Crippen LogP contribution in [0.3, 0.4) is 0 Å². The molecule has 0 saturated carbocycles. The maximum absolute atomic E-state index is 9.11. The van der Waals surface area contributed by atoms with E-state index in [2.05, 4.69) is 61.2 Å². The molecule has 1 rings (SSSR count). The van der Waals surface area contributed by atoms with E-state index in [1.165, 1.54) is 51.6 Å². The summed E-state index contributed by atoms with van der Waals surface area (Å²) in [4.78, 5) is 0. The highest BCUT2D eigenvalue weighted by atomic mass is 16.3. The average molecular weight is 358 g/mol. The minimum atomic E-state index is 0.234. The van der Waals surface area contributed by atoms with Crippen molar-refractivity contribution < 1.29 is 14.1 Å². The number of nitrogens with zero attached hydrogens (tertiary/aromatic N) is 2. The highest BCUT2D eigenvalue weighted by molar-refractivity contribution is 4.97. The van der Waals surface area contributed by atoms with E-state index >= 15 is 0 Å². The Balaban J connectivity index is 2.36. The third kappa shape index (κ3) is 8.38. The number of rotatable bonds is 10. The molecule has 4 heteroatoms. The summed E-state index contributed by atoms with van der Waals surface area (Å²) in [6, 6.07) is 0.742. The number of unbranched alkanes of at least 4 members (excludes halogenated alkanes) is 3. The first-order valence-corrected chi connectivity index (χ1v) is 10.3. The number of quaternary nitrogens is 2. The Bertz CT molecular complexity index is 386. The van der Waals surface area contributed by atoms with E-state index in [9.17, 15) is 0 Å². The van der Waals surface area contributed by atoms with Crippen molar-refractivity contribution in [2.45, 2.75) is 83.3 Å². The van der Waals surface area contributed by atoms with E-state index in [1.54, 1.807) is 0 Å². The quantitative estimate of drug-likeness (QED) is 0.465. The van der Waals surface area contributed by atoms with Gasteiger partial charge in [-0.15, -0.1) is 0 Å². The molecule has 1 saturated heterocycles. The van der Waals surface area contributed by atoms with Gasteiger partial charge in [0, 0.05) is 23.9 Å². The number of likely N-dealkylation sites (N-methyl/N-ethyl adjacent to an activating group) is 1. The van der Waals surface area contributed by atoms with Gasteiger partial charge in [-0.25, -0.2) is 0 Å². The minimum Gasteiger partial charge on any atom is -0.391 e. The number of hydrogen-bond acceptors (Lipinski definition) is 2. The summed E-state index contributed by atoms with van der Waals surface area (Å²) >= 11 is 0. The summed E-state index contributed by atoms with van der Waals surface area (Å²) in [6.07, 6.45) is 7.76. The molecule has 0 aromatic heterocycles. The number of nitrogens with one attached hydrogen (secondary N) is 1. The number of aliphatic hydroxyl groups is 1. The lowest BCUT2D eigenvalue weighted by Crippen LogP contribution is -2.65. The second kappa shape index (κ2) is 8.69. The minimum absolute atomic E-state index is 0.234. The monoisotopic (exact) mass is 357 g/mol. The van der Waals surface area contributed by atoms with Gasteiger partial charge in [-0.2, -0.15) is 0 Å². The molecule has 0 atom stereocenters. The summed E-state index contributed by atoms with van der Waals surface area (Å²) in [5.74, 6) is 0. The Kier molecular flexibility index (Phi) is 7.95. The van der Waals surface area contributed by atoms with Gasteiger partial charge in [0.2, 0.25) is 0 Å². The lowest BCUT2D eigenvalue weighted by Gasteiger charge is -2.51. The summed E-state index contributed by atoms with van der Waals surface area (Å²) in [6.45, 7) is 13.0. The number of hydrogen-bond donors (Lipinski definition) is 2. The molecule has 0 aromatic rings. The van der Waals surface area contributed by atoms with E-state index in [0.717, 1.165) is 21.6 Å². The molecule has 1 heterocycles. The van der Waals surface area contributed by atoms with Gasteiger partial charge in [-0.1, -0.05) is 0 Å². The zero-order valence-corrected chi connectivity index (χ0v) is 18.5. The molecule has 0 aromatic carbocycles. The van der Waals surface area contributed by atoms with Gasteiger partial charge in [0.1, 0.15) is 6.54 Å². The fourth-order valence-electron chi connectivity index (χ4n) is 4.74. The van der Waals surface area contributed by atoms with Crippen LogP contribution >= 0.6 is 0 Å². The molecule has 0 aliphatic carbocycles. The largest absolute Gasteiger partial charge is 0.391 e. The third-order valence-corrected chi connectivity index (χ3v) is 6.11. The van der Waals surface area contributed by atoms with Crippen molar-refractivity contribution in [2.24, 2.45) is 0 Å². The van der Waals surface area contributed by atoms with Crippen LogP contribution in [0.5, 0.6) is 0 Å². The lowest BCUT2D eigenvalue weighted by atomic mass is 9.78. The Labute approximate surface area is 157 Å². The fourth-order valence-corrected chi connectivity index (χ4v) is 4.74. The first-order chi connectivity index (χ1) is 11.3. The summed E-state index contributed by atoms with van der Waals surface area (Å²) in [5, 5.41) is 12.9. The maximum atomic E-state index is 9.11. The van der Waals surface area contributed by atoms with Crippen LogP contribution in [0.4, 0.5) is 0 Å². The normalized spacial score (nSPS) is 21.5. The van der Waals surface area contributed by atoms with Gasteiger partial charge in [-0.05, 0) is 53.4 Å². The van der Waals surface area contributed by atoms with Gasteiger partial charge in [0.05, 0.1) is 53.9 Å². The molecule has 1 aliphatic heterocycles. The van der Waals surface area contributed by atoms with Crippen molar-refractivity contribution in [3.05, 3.63) is 0 Å². The molecule has 0 radical (unpaired) electrons. The predicted molar refractivity (Wildman–Crippen MR) is 109 cm³/mol. The van der Waals surface area contributed by atoms with Crippen molar-refractivity contribution in [1.29, 1.82) is 0 Å². The van der Waals surface area contributed by atoms with Crippen molar-refractivity contribution >= 4 is 0 Å². The molecular weight excluding hydrogens is 310 g/mol. The number of piperidine rings is 1. The molecule has 0 spiro atoms. The third-order valence-electron chi connectivity index (χ3n) is 6.11. The number of aliphatic hydroxyl groups excluding tert-OH is 1. The van der Waals surface area contributed by atoms with Crippen molar-refractivity contribution in [3.63, 3.8) is 0 Å². The maximum Gasteiger partial charge on any atom is 0.102 e. The molecule has 150 valence electrons. The van der Waals surface area contributed by atoms with E-state index in [-0.39, 0.29) is 11.1 Å². The SMILES string of the molecule is CC1(C)CC([N+](C)(C)CCCCCC[N+](C)(C)CCO)CC(C)(C)N1. The van der Waals surface area contributed by atoms with Gasteiger partial charge >= 0.3 is 0 Å². The smallest absolute Gasteiger partial charge is 0.102 e. The summed E-state index contributed by atoms with van der Waals surface area (Å²) in [7, 11) is 9.31. The van der Waals surface area contributed by atoms with Crippen LogP contribution < -0.4 is 5.32 Å². The van der Waals surface area contributed by atoms with E-state index in [0.29, 0.717) is 6.61 Å². The van der Waals surface area contributed by atoms with Crippen LogP contribution in [0.25, 0.3) is 0 Å². The molecule has 2 N–H and O–H groups in total.